The molecule has 2 aromatic carbocycles. The number of carbonyl (C=O) groups excluding carboxylic acids is 1. The van der Waals surface area contributed by atoms with E-state index in [2.05, 4.69) is 22.1 Å². The molecule has 28 heavy (non-hydrogen) atoms. The van der Waals surface area contributed by atoms with E-state index in [1.165, 1.54) is 0 Å². The van der Waals surface area contributed by atoms with Gasteiger partial charge in [-0.15, -0.1) is 0 Å². The lowest BCUT2D eigenvalue weighted by atomic mass is 10.0. The van der Waals surface area contributed by atoms with Crippen molar-refractivity contribution in [3.05, 3.63) is 83.7 Å². The standard InChI is InChI=1S/C23H19N3O2/c1-28-20-4-2-3-15(9-20)13-26-14-19-10-16(5-6-21(19)23(26)27)18-11-17-7-8-24-22(17)25-12-18/h2-12H,13-14H2,1H3,(H,24,25). The summed E-state index contributed by atoms with van der Waals surface area (Å²) in [5, 5.41) is 1.08. The first-order chi connectivity index (χ1) is 13.7. The number of H-pyrrole nitrogens is 1. The molecule has 0 unspecified atom stereocenters. The number of amides is 1. The Balaban J connectivity index is 1.42. The van der Waals surface area contributed by atoms with E-state index in [4.69, 9.17) is 4.74 Å². The zero-order valence-corrected chi connectivity index (χ0v) is 15.5. The zero-order chi connectivity index (χ0) is 19.1. The van der Waals surface area contributed by atoms with E-state index >= 15 is 0 Å². The van der Waals surface area contributed by atoms with Gasteiger partial charge in [-0.05, 0) is 53.1 Å². The molecule has 5 heteroatoms. The van der Waals surface area contributed by atoms with Crippen LogP contribution in [-0.2, 0) is 13.1 Å². The number of aromatic amines is 1. The van der Waals surface area contributed by atoms with Gasteiger partial charge < -0.3 is 14.6 Å². The van der Waals surface area contributed by atoms with Crippen molar-refractivity contribution in [3.63, 3.8) is 0 Å². The Kier molecular flexibility index (Phi) is 3.86. The van der Waals surface area contributed by atoms with Crippen LogP contribution in [0.1, 0.15) is 21.5 Å². The van der Waals surface area contributed by atoms with Gasteiger partial charge in [0.1, 0.15) is 11.4 Å². The molecule has 138 valence electrons. The predicted molar refractivity (Wildman–Crippen MR) is 108 cm³/mol. The average molecular weight is 369 g/mol. The maximum atomic E-state index is 12.8. The van der Waals surface area contributed by atoms with Gasteiger partial charge in [0.25, 0.3) is 5.91 Å². The number of benzene rings is 2. The lowest BCUT2D eigenvalue weighted by Crippen LogP contribution is -2.23. The molecule has 2 aromatic heterocycles. The van der Waals surface area contributed by atoms with Crippen LogP contribution >= 0.6 is 0 Å². The van der Waals surface area contributed by atoms with E-state index in [1.54, 1.807) is 7.11 Å². The highest BCUT2D eigenvalue weighted by Gasteiger charge is 2.27. The van der Waals surface area contributed by atoms with E-state index in [0.29, 0.717) is 13.1 Å². The fourth-order valence-corrected chi connectivity index (χ4v) is 3.78. The highest BCUT2D eigenvalue weighted by Crippen LogP contribution is 2.30. The van der Waals surface area contributed by atoms with Crippen LogP contribution in [0.15, 0.2) is 67.0 Å². The summed E-state index contributed by atoms with van der Waals surface area (Å²) in [6, 6.07) is 18.0. The van der Waals surface area contributed by atoms with Gasteiger partial charge in [-0.2, -0.15) is 0 Å². The minimum atomic E-state index is 0.0728. The smallest absolute Gasteiger partial charge is 0.254 e. The van der Waals surface area contributed by atoms with Gasteiger partial charge in [0.2, 0.25) is 0 Å². The second-order valence-electron chi connectivity index (χ2n) is 7.02. The second-order valence-corrected chi connectivity index (χ2v) is 7.02. The number of hydrogen-bond acceptors (Lipinski definition) is 3. The Morgan fingerprint density at radius 2 is 2.04 bits per heavy atom. The van der Waals surface area contributed by atoms with Crippen molar-refractivity contribution in [1.29, 1.82) is 0 Å². The molecule has 5 rings (SSSR count). The van der Waals surface area contributed by atoms with E-state index in [9.17, 15) is 4.79 Å². The summed E-state index contributed by atoms with van der Waals surface area (Å²) >= 11 is 0. The van der Waals surface area contributed by atoms with Crippen molar-refractivity contribution < 1.29 is 9.53 Å². The number of carbonyl (C=O) groups is 1. The van der Waals surface area contributed by atoms with E-state index in [1.807, 2.05) is 59.8 Å². The molecule has 1 aliphatic rings. The number of methoxy groups -OCH3 is 1. The van der Waals surface area contributed by atoms with E-state index in [-0.39, 0.29) is 5.91 Å². The van der Waals surface area contributed by atoms with Crippen LogP contribution in [-0.4, -0.2) is 27.9 Å². The van der Waals surface area contributed by atoms with Crippen LogP contribution in [0.3, 0.4) is 0 Å². The van der Waals surface area contributed by atoms with Gasteiger partial charge in [-0.1, -0.05) is 18.2 Å². The maximum Gasteiger partial charge on any atom is 0.254 e. The summed E-state index contributed by atoms with van der Waals surface area (Å²) in [4.78, 5) is 22.3. The number of nitrogens with one attached hydrogen (secondary N) is 1. The highest BCUT2D eigenvalue weighted by molar-refractivity contribution is 5.99. The molecule has 0 saturated heterocycles. The first-order valence-corrected chi connectivity index (χ1v) is 9.20. The van der Waals surface area contributed by atoms with Crippen molar-refractivity contribution in [2.24, 2.45) is 0 Å². The molecule has 0 saturated carbocycles. The molecule has 0 atom stereocenters. The second kappa shape index (κ2) is 6.53. The molecule has 1 N–H and O–H groups in total. The van der Waals surface area contributed by atoms with Gasteiger partial charge in [-0.25, -0.2) is 4.98 Å². The molecular weight excluding hydrogens is 350 g/mol. The number of pyridine rings is 1. The first kappa shape index (κ1) is 16.6. The summed E-state index contributed by atoms with van der Waals surface area (Å²) in [6.45, 7) is 1.18. The largest absolute Gasteiger partial charge is 0.497 e. The van der Waals surface area contributed by atoms with Crippen LogP contribution < -0.4 is 4.74 Å². The minimum absolute atomic E-state index is 0.0728. The first-order valence-electron chi connectivity index (χ1n) is 9.20. The van der Waals surface area contributed by atoms with Crippen molar-refractivity contribution in [3.8, 4) is 16.9 Å². The maximum absolute atomic E-state index is 12.8. The topological polar surface area (TPSA) is 58.2 Å². The number of nitrogens with zero attached hydrogens (tertiary/aromatic N) is 2. The Labute approximate surface area is 162 Å². The summed E-state index contributed by atoms with van der Waals surface area (Å²) < 4.78 is 5.29. The third kappa shape index (κ3) is 2.81. The van der Waals surface area contributed by atoms with Gasteiger partial charge >= 0.3 is 0 Å². The Hall–Kier alpha value is -3.60. The van der Waals surface area contributed by atoms with Crippen LogP contribution in [0.2, 0.25) is 0 Å². The molecular formula is C23H19N3O2. The van der Waals surface area contributed by atoms with Crippen LogP contribution in [0.25, 0.3) is 22.2 Å². The summed E-state index contributed by atoms with van der Waals surface area (Å²) in [7, 11) is 1.65. The molecule has 0 fully saturated rings. The monoisotopic (exact) mass is 369 g/mol. The molecule has 0 bridgehead atoms. The van der Waals surface area contributed by atoms with Crippen molar-refractivity contribution in [2.45, 2.75) is 13.1 Å². The minimum Gasteiger partial charge on any atom is -0.497 e. The lowest BCUT2D eigenvalue weighted by molar-refractivity contribution is 0.0766. The van der Waals surface area contributed by atoms with Gasteiger partial charge in [0.05, 0.1) is 7.11 Å². The zero-order valence-electron chi connectivity index (χ0n) is 15.5. The average Bonchev–Trinajstić information content (AvgIpc) is 3.32. The van der Waals surface area contributed by atoms with Crippen LogP contribution in [0.5, 0.6) is 5.75 Å². The molecule has 1 aliphatic heterocycles. The molecule has 0 spiro atoms. The summed E-state index contributed by atoms with van der Waals surface area (Å²) in [6.07, 6.45) is 3.75. The quantitative estimate of drug-likeness (QED) is 0.580. The van der Waals surface area contributed by atoms with Gasteiger partial charge in [0, 0.05) is 42.0 Å². The summed E-state index contributed by atoms with van der Waals surface area (Å²) in [5.74, 6) is 0.875. The number of aromatic nitrogens is 2. The third-order valence-corrected chi connectivity index (χ3v) is 5.23. The fraction of sp³-hybridized carbons (Fsp3) is 0.130. The molecule has 5 nitrogen and oxygen atoms in total. The molecule has 0 aliphatic carbocycles. The SMILES string of the molecule is COc1cccc(CN2Cc3cc(-c4cnc5[nH]ccc5c4)ccc3C2=O)c1. The Morgan fingerprint density at radius 3 is 2.93 bits per heavy atom. The lowest BCUT2D eigenvalue weighted by Gasteiger charge is -2.16. The molecule has 0 radical (unpaired) electrons. The Bertz CT molecular complexity index is 1200. The highest BCUT2D eigenvalue weighted by atomic mass is 16.5. The number of hydrogen-bond donors (Lipinski definition) is 1. The number of ether oxygens (including phenoxy) is 1. The predicted octanol–water partition coefficient (Wildman–Crippen LogP) is 4.39. The van der Waals surface area contributed by atoms with E-state index in [0.717, 1.165) is 44.6 Å². The number of rotatable bonds is 4. The third-order valence-electron chi connectivity index (χ3n) is 5.23. The normalized spacial score (nSPS) is 13.2. The van der Waals surface area contributed by atoms with E-state index < -0.39 is 0 Å². The van der Waals surface area contributed by atoms with Crippen molar-refractivity contribution in [2.75, 3.05) is 7.11 Å². The fourth-order valence-electron chi connectivity index (χ4n) is 3.78. The molecule has 4 aromatic rings. The molecule has 3 heterocycles. The van der Waals surface area contributed by atoms with Crippen LogP contribution in [0, 0.1) is 0 Å². The van der Waals surface area contributed by atoms with Crippen molar-refractivity contribution in [1.82, 2.24) is 14.9 Å². The Morgan fingerprint density at radius 1 is 1.11 bits per heavy atom. The van der Waals surface area contributed by atoms with Gasteiger partial charge in [0.15, 0.2) is 0 Å². The van der Waals surface area contributed by atoms with Crippen molar-refractivity contribution >= 4 is 16.9 Å². The van der Waals surface area contributed by atoms with Crippen LogP contribution in [0.4, 0.5) is 0 Å². The van der Waals surface area contributed by atoms with Gasteiger partial charge in [-0.3, -0.25) is 4.79 Å². The summed E-state index contributed by atoms with van der Waals surface area (Å²) in [5.41, 5.74) is 5.90. The molecule has 1 amide bonds. The number of fused-ring (bicyclic) bond motifs is 2.